The van der Waals surface area contributed by atoms with Crippen molar-refractivity contribution < 1.29 is 0 Å². The number of hydrogen-bond acceptors (Lipinski definition) is 4. The third kappa shape index (κ3) is 1.59. The molecule has 76 valence electrons. The van der Waals surface area contributed by atoms with E-state index >= 15 is 0 Å². The molecule has 0 saturated heterocycles. The normalized spacial score (nSPS) is 10.2. The van der Waals surface area contributed by atoms with E-state index in [0.717, 1.165) is 0 Å². The summed E-state index contributed by atoms with van der Waals surface area (Å²) in [4.78, 5) is 15.6. The van der Waals surface area contributed by atoms with Crippen LogP contribution in [0.2, 0.25) is 0 Å². The molecule has 5 nitrogen and oxygen atoms in total. The Bertz CT molecular complexity index is 533. The molecule has 0 spiro atoms. The predicted octanol–water partition coefficient (Wildman–Crippen LogP) is 0.424. The quantitative estimate of drug-likeness (QED) is 0.727. The molecule has 15 heavy (non-hydrogen) atoms. The number of rotatable bonds is 1. The molecule has 2 aromatic heterocycles. The Morgan fingerprint density at radius 3 is 2.87 bits per heavy atom. The molecule has 0 aliphatic rings. The third-order valence-electron chi connectivity index (χ3n) is 2.12. The number of nitrogens with two attached hydrogens (primary N) is 1. The molecule has 0 aliphatic heterocycles. The molecule has 2 heterocycles. The SMILES string of the molecule is Cn1ncc(-c2ccccn2)c(N)c1=O. The maximum atomic E-state index is 11.5. The van der Waals surface area contributed by atoms with Crippen LogP contribution in [0.3, 0.4) is 0 Å². The molecule has 2 aromatic rings. The molecule has 2 N–H and O–H groups in total. The van der Waals surface area contributed by atoms with Gasteiger partial charge in [0, 0.05) is 18.8 Å². The Balaban J connectivity index is 2.66. The van der Waals surface area contributed by atoms with E-state index in [1.54, 1.807) is 31.6 Å². The van der Waals surface area contributed by atoms with Crippen molar-refractivity contribution in [3.8, 4) is 11.3 Å². The molecule has 5 heteroatoms. The van der Waals surface area contributed by atoms with Crippen molar-refractivity contribution in [2.75, 3.05) is 5.73 Å². The number of aromatic nitrogens is 3. The Labute approximate surface area is 86.2 Å². The third-order valence-corrected chi connectivity index (χ3v) is 2.12. The fourth-order valence-corrected chi connectivity index (χ4v) is 1.28. The van der Waals surface area contributed by atoms with E-state index in [1.807, 2.05) is 6.07 Å². The largest absolute Gasteiger partial charge is 0.394 e. The first-order valence-corrected chi connectivity index (χ1v) is 4.43. The van der Waals surface area contributed by atoms with E-state index in [2.05, 4.69) is 10.1 Å². The van der Waals surface area contributed by atoms with Crippen LogP contribution in [0.25, 0.3) is 11.3 Å². The first kappa shape index (κ1) is 9.39. The van der Waals surface area contributed by atoms with E-state index in [4.69, 9.17) is 5.73 Å². The van der Waals surface area contributed by atoms with Crippen LogP contribution in [-0.4, -0.2) is 14.8 Å². The summed E-state index contributed by atoms with van der Waals surface area (Å²) in [7, 11) is 1.56. The Kier molecular flexibility index (Phi) is 2.21. The van der Waals surface area contributed by atoms with Crippen LogP contribution in [0, 0.1) is 0 Å². The number of anilines is 1. The molecule has 0 bridgehead atoms. The van der Waals surface area contributed by atoms with Gasteiger partial charge in [0.2, 0.25) is 0 Å². The fourth-order valence-electron chi connectivity index (χ4n) is 1.28. The second-order valence-corrected chi connectivity index (χ2v) is 3.12. The van der Waals surface area contributed by atoms with Gasteiger partial charge in [0.25, 0.3) is 5.56 Å². The zero-order valence-electron chi connectivity index (χ0n) is 8.21. The minimum absolute atomic E-state index is 0.172. The highest BCUT2D eigenvalue weighted by Gasteiger charge is 2.08. The lowest BCUT2D eigenvalue weighted by atomic mass is 10.2. The average Bonchev–Trinajstić information content (AvgIpc) is 2.27. The summed E-state index contributed by atoms with van der Waals surface area (Å²) in [5, 5.41) is 3.90. The highest BCUT2D eigenvalue weighted by Crippen LogP contribution is 2.18. The summed E-state index contributed by atoms with van der Waals surface area (Å²) in [6.07, 6.45) is 3.19. The van der Waals surface area contributed by atoms with Crippen LogP contribution in [0.1, 0.15) is 0 Å². The molecular formula is C10H10N4O. The molecule has 0 radical (unpaired) electrons. The number of aryl methyl sites for hydroxylation is 1. The van der Waals surface area contributed by atoms with Gasteiger partial charge >= 0.3 is 0 Å². The van der Waals surface area contributed by atoms with Gasteiger partial charge in [-0.05, 0) is 12.1 Å². The summed E-state index contributed by atoms with van der Waals surface area (Å²) >= 11 is 0. The average molecular weight is 202 g/mol. The van der Waals surface area contributed by atoms with E-state index in [9.17, 15) is 4.79 Å². The lowest BCUT2D eigenvalue weighted by molar-refractivity contribution is 0.711. The second kappa shape index (κ2) is 3.53. The first-order chi connectivity index (χ1) is 7.20. The summed E-state index contributed by atoms with van der Waals surface area (Å²) in [5.41, 5.74) is 6.79. The highest BCUT2D eigenvalue weighted by atomic mass is 16.1. The Morgan fingerprint density at radius 2 is 2.20 bits per heavy atom. The van der Waals surface area contributed by atoms with Gasteiger partial charge in [-0.15, -0.1) is 0 Å². The van der Waals surface area contributed by atoms with Crippen molar-refractivity contribution >= 4 is 5.69 Å². The van der Waals surface area contributed by atoms with Gasteiger partial charge in [-0.1, -0.05) is 6.07 Å². The van der Waals surface area contributed by atoms with Crippen molar-refractivity contribution in [2.24, 2.45) is 7.05 Å². The van der Waals surface area contributed by atoms with Gasteiger partial charge in [0.1, 0.15) is 5.69 Å². The summed E-state index contributed by atoms with van der Waals surface area (Å²) in [6, 6.07) is 5.42. The highest BCUT2D eigenvalue weighted by molar-refractivity contribution is 5.71. The number of nitrogen functional groups attached to an aromatic ring is 1. The molecular weight excluding hydrogens is 192 g/mol. The Morgan fingerprint density at radius 1 is 1.40 bits per heavy atom. The van der Waals surface area contributed by atoms with E-state index in [1.165, 1.54) is 4.68 Å². The number of nitrogens with zero attached hydrogens (tertiary/aromatic N) is 3. The lowest BCUT2D eigenvalue weighted by Crippen LogP contribution is -2.23. The zero-order valence-corrected chi connectivity index (χ0v) is 8.21. The predicted molar refractivity (Wildman–Crippen MR) is 57.1 cm³/mol. The van der Waals surface area contributed by atoms with Crippen LogP contribution < -0.4 is 11.3 Å². The topological polar surface area (TPSA) is 73.8 Å². The van der Waals surface area contributed by atoms with Crippen LogP contribution >= 0.6 is 0 Å². The number of hydrogen-bond donors (Lipinski definition) is 1. The zero-order chi connectivity index (χ0) is 10.8. The van der Waals surface area contributed by atoms with Crippen LogP contribution in [0.5, 0.6) is 0 Å². The van der Waals surface area contributed by atoms with Gasteiger partial charge < -0.3 is 5.73 Å². The molecule has 0 fully saturated rings. The van der Waals surface area contributed by atoms with Crippen molar-refractivity contribution in [2.45, 2.75) is 0 Å². The molecule has 0 aromatic carbocycles. The summed E-state index contributed by atoms with van der Waals surface area (Å²) in [5.74, 6) is 0. The molecule has 0 amide bonds. The lowest BCUT2D eigenvalue weighted by Gasteiger charge is -2.04. The molecule has 0 saturated carbocycles. The van der Waals surface area contributed by atoms with Crippen LogP contribution in [0.15, 0.2) is 35.4 Å². The van der Waals surface area contributed by atoms with Crippen molar-refractivity contribution in [1.29, 1.82) is 0 Å². The van der Waals surface area contributed by atoms with Crippen LogP contribution in [-0.2, 0) is 7.05 Å². The van der Waals surface area contributed by atoms with Crippen molar-refractivity contribution in [1.82, 2.24) is 14.8 Å². The maximum absolute atomic E-state index is 11.5. The monoisotopic (exact) mass is 202 g/mol. The summed E-state index contributed by atoms with van der Waals surface area (Å²) < 4.78 is 1.20. The van der Waals surface area contributed by atoms with Crippen molar-refractivity contribution in [3.63, 3.8) is 0 Å². The van der Waals surface area contributed by atoms with Gasteiger partial charge in [-0.3, -0.25) is 9.78 Å². The second-order valence-electron chi connectivity index (χ2n) is 3.12. The minimum atomic E-state index is -0.307. The Hall–Kier alpha value is -2.17. The standard InChI is InChI=1S/C10H10N4O/c1-14-10(15)9(11)7(6-13-14)8-4-2-3-5-12-8/h2-6H,11H2,1H3. The maximum Gasteiger partial charge on any atom is 0.290 e. The molecule has 2 rings (SSSR count). The van der Waals surface area contributed by atoms with Gasteiger partial charge in [-0.25, -0.2) is 4.68 Å². The van der Waals surface area contributed by atoms with E-state index in [-0.39, 0.29) is 11.2 Å². The van der Waals surface area contributed by atoms with Gasteiger partial charge in [0.15, 0.2) is 0 Å². The first-order valence-electron chi connectivity index (χ1n) is 4.43. The van der Waals surface area contributed by atoms with Crippen molar-refractivity contribution in [3.05, 3.63) is 40.9 Å². The molecule has 0 unspecified atom stereocenters. The fraction of sp³-hybridized carbons (Fsp3) is 0.100. The van der Waals surface area contributed by atoms with Crippen LogP contribution in [0.4, 0.5) is 5.69 Å². The van der Waals surface area contributed by atoms with Gasteiger partial charge in [0.05, 0.1) is 11.9 Å². The number of pyridine rings is 1. The van der Waals surface area contributed by atoms with E-state index in [0.29, 0.717) is 11.3 Å². The minimum Gasteiger partial charge on any atom is -0.394 e. The molecule has 0 aliphatic carbocycles. The smallest absolute Gasteiger partial charge is 0.290 e. The van der Waals surface area contributed by atoms with Gasteiger partial charge in [-0.2, -0.15) is 5.10 Å². The summed E-state index contributed by atoms with van der Waals surface area (Å²) in [6.45, 7) is 0. The molecule has 0 atom stereocenters. The van der Waals surface area contributed by atoms with E-state index < -0.39 is 0 Å².